The van der Waals surface area contributed by atoms with Crippen LogP contribution in [0.3, 0.4) is 0 Å². The van der Waals surface area contributed by atoms with Crippen molar-refractivity contribution < 1.29 is 14.4 Å². The molecule has 1 aliphatic rings. The molecule has 0 spiro atoms. The molecule has 1 fully saturated rings. The van der Waals surface area contributed by atoms with Crippen LogP contribution in [0.5, 0.6) is 0 Å². The van der Waals surface area contributed by atoms with Crippen LogP contribution in [-0.2, 0) is 4.79 Å². The van der Waals surface area contributed by atoms with Gasteiger partial charge in [0.2, 0.25) is 0 Å². The smallest absolute Gasteiger partial charge is 0.323 e. The number of nitrogens with two attached hydrogens (primary N) is 1. The molecule has 0 bridgehead atoms. The van der Waals surface area contributed by atoms with Crippen LogP contribution in [0.25, 0.3) is 0 Å². The summed E-state index contributed by atoms with van der Waals surface area (Å²) >= 11 is 0. The zero-order chi connectivity index (χ0) is 8.43. The second-order valence-corrected chi connectivity index (χ2v) is 1.90. The average Bonchev–Trinajstić information content (AvgIpc) is 2.09. The van der Waals surface area contributed by atoms with E-state index < -0.39 is 24.1 Å². The number of primary amides is 1. The van der Waals surface area contributed by atoms with E-state index >= 15 is 0 Å². The van der Waals surface area contributed by atoms with Crippen LogP contribution >= 0.6 is 12.4 Å². The maximum absolute atomic E-state index is 10.7. The van der Waals surface area contributed by atoms with Crippen molar-refractivity contribution >= 4 is 47.7 Å². The van der Waals surface area contributed by atoms with Crippen LogP contribution in [0.2, 0.25) is 0 Å². The summed E-state index contributed by atoms with van der Waals surface area (Å²) in [4.78, 5) is 31.3. The second kappa shape index (κ2) is 5.64. The van der Waals surface area contributed by atoms with Crippen LogP contribution in [0, 0.1) is 0 Å². The maximum Gasteiger partial charge on any atom is 0.323 e. The quantitative estimate of drug-likeness (QED) is 0.299. The summed E-state index contributed by atoms with van der Waals surface area (Å²) < 4.78 is 0. The maximum atomic E-state index is 10.7. The lowest BCUT2D eigenvalue weighted by Gasteiger charge is -2.05. The molecule has 0 aromatic carbocycles. The van der Waals surface area contributed by atoms with Gasteiger partial charge in [-0.2, -0.15) is 0 Å². The third kappa shape index (κ3) is 3.98. The number of urea groups is 2. The Morgan fingerprint density at radius 2 is 2.00 bits per heavy atom. The normalized spacial score (nSPS) is 18.9. The number of hydrogen-bond acceptors (Lipinski definition) is 3. The van der Waals surface area contributed by atoms with Gasteiger partial charge in [-0.15, -0.1) is 12.4 Å². The largest absolute Gasteiger partial charge is 0.352 e. The van der Waals surface area contributed by atoms with E-state index in [1.54, 1.807) is 0 Å². The lowest BCUT2D eigenvalue weighted by Crippen LogP contribution is -2.48. The Balaban J connectivity index is 0. The molecule has 1 heterocycles. The van der Waals surface area contributed by atoms with Gasteiger partial charge in [0, 0.05) is 17.4 Å². The summed E-state index contributed by atoms with van der Waals surface area (Å²) in [5.74, 6) is -0.617. The van der Waals surface area contributed by atoms with Crippen molar-refractivity contribution in [3.63, 3.8) is 0 Å². The Morgan fingerprint density at radius 1 is 1.46 bits per heavy atom. The Morgan fingerprint density at radius 3 is 2.31 bits per heavy atom. The molecule has 3 radical (unpaired) electrons. The highest BCUT2D eigenvalue weighted by atomic mass is 35.5. The molecule has 1 aliphatic heterocycles. The Hall–Kier alpha value is -0.968. The third-order valence-corrected chi connectivity index (χ3v) is 1.06. The molecule has 1 unspecified atom stereocenters. The minimum absolute atomic E-state index is 0. The van der Waals surface area contributed by atoms with Crippen molar-refractivity contribution in [3.8, 4) is 0 Å². The van der Waals surface area contributed by atoms with Gasteiger partial charge in [0.15, 0.2) is 6.17 Å². The third-order valence-electron chi connectivity index (χ3n) is 1.06. The van der Waals surface area contributed by atoms with E-state index in [1.807, 2.05) is 10.6 Å². The van der Waals surface area contributed by atoms with Crippen molar-refractivity contribution in [1.82, 2.24) is 16.0 Å². The van der Waals surface area contributed by atoms with Crippen molar-refractivity contribution in [2.45, 2.75) is 6.17 Å². The zero-order valence-electron chi connectivity index (χ0n) is 6.37. The molecule has 0 aliphatic carbocycles. The van der Waals surface area contributed by atoms with E-state index in [4.69, 9.17) is 5.73 Å². The molecule has 9 heteroatoms. The topological polar surface area (TPSA) is 113 Å². The van der Waals surface area contributed by atoms with Gasteiger partial charge in [0.25, 0.3) is 5.91 Å². The van der Waals surface area contributed by atoms with Gasteiger partial charge >= 0.3 is 12.1 Å². The van der Waals surface area contributed by atoms with Gasteiger partial charge in [-0.3, -0.25) is 10.1 Å². The molecule has 1 rings (SSSR count). The summed E-state index contributed by atoms with van der Waals surface area (Å²) in [7, 11) is 0. The van der Waals surface area contributed by atoms with E-state index in [0.717, 1.165) is 0 Å². The Bertz CT molecular complexity index is 235. The van der Waals surface area contributed by atoms with Crippen LogP contribution in [-0.4, -0.2) is 41.5 Å². The minimum atomic E-state index is -1.04. The van der Waals surface area contributed by atoms with Crippen LogP contribution < -0.4 is 21.7 Å². The van der Waals surface area contributed by atoms with Gasteiger partial charge < -0.3 is 16.4 Å². The van der Waals surface area contributed by atoms with E-state index in [9.17, 15) is 14.4 Å². The fraction of sp³-hybridized carbons (Fsp3) is 0.250. The lowest BCUT2D eigenvalue weighted by atomic mass is 10.5. The molecule has 0 saturated carbocycles. The fourth-order valence-electron chi connectivity index (χ4n) is 0.661. The number of nitrogens with one attached hydrogen (secondary N) is 3. The predicted octanol–water partition coefficient (Wildman–Crippen LogP) is -2.14. The first-order valence-corrected chi connectivity index (χ1v) is 2.77. The highest BCUT2D eigenvalue weighted by Gasteiger charge is 2.29. The van der Waals surface area contributed by atoms with Gasteiger partial charge in [-0.1, -0.05) is 0 Å². The standard InChI is InChI=1S/C4H6N4O3.Al.ClH/c5-3(10)6-1-2(9)8-4(11)7-1;;/h1H,(H3,5,6,10)(H2,7,8,9,11);;1H. The van der Waals surface area contributed by atoms with E-state index in [0.29, 0.717) is 0 Å². The molecule has 0 aromatic rings. The summed E-state index contributed by atoms with van der Waals surface area (Å²) in [6.07, 6.45) is -1.04. The van der Waals surface area contributed by atoms with Crippen molar-refractivity contribution in [3.05, 3.63) is 0 Å². The summed E-state index contributed by atoms with van der Waals surface area (Å²) in [6.45, 7) is 0. The second-order valence-electron chi connectivity index (χ2n) is 1.90. The van der Waals surface area contributed by atoms with E-state index in [-0.39, 0.29) is 29.8 Å². The highest BCUT2D eigenvalue weighted by molar-refractivity contribution is 6.05. The summed E-state index contributed by atoms with van der Waals surface area (Å²) in [6, 6.07) is -1.51. The summed E-state index contributed by atoms with van der Waals surface area (Å²) in [5.41, 5.74) is 4.70. The first kappa shape index (κ1) is 14.6. The van der Waals surface area contributed by atoms with Crippen molar-refractivity contribution in [1.29, 1.82) is 0 Å². The van der Waals surface area contributed by atoms with Crippen LogP contribution in [0.15, 0.2) is 0 Å². The van der Waals surface area contributed by atoms with Gasteiger partial charge in [0.05, 0.1) is 0 Å². The number of carbonyl (C=O) groups excluding carboxylic acids is 3. The predicted molar refractivity (Wildman–Crippen MR) is 46.2 cm³/mol. The Kier molecular flexibility index (Phi) is 6.31. The van der Waals surface area contributed by atoms with E-state index in [2.05, 4.69) is 5.32 Å². The fourth-order valence-corrected chi connectivity index (χ4v) is 0.661. The van der Waals surface area contributed by atoms with Crippen molar-refractivity contribution in [2.24, 2.45) is 5.73 Å². The molecule has 1 saturated heterocycles. The van der Waals surface area contributed by atoms with Gasteiger partial charge in [0.1, 0.15) is 0 Å². The first-order valence-electron chi connectivity index (χ1n) is 2.77. The monoisotopic (exact) mass is 221 g/mol. The zero-order valence-corrected chi connectivity index (χ0v) is 8.34. The minimum Gasteiger partial charge on any atom is -0.352 e. The summed E-state index contributed by atoms with van der Waals surface area (Å²) in [5, 5.41) is 6.05. The molecule has 0 aromatic heterocycles. The number of amides is 5. The molecular formula is C4H7AlClN4O3. The molecule has 1 atom stereocenters. The van der Waals surface area contributed by atoms with E-state index in [1.165, 1.54) is 0 Å². The van der Waals surface area contributed by atoms with Crippen LogP contribution in [0.4, 0.5) is 9.59 Å². The SMILES string of the molecule is Cl.NC(=O)NC1NC(=O)NC1=O.[Al]. The Labute approximate surface area is 90.3 Å². The lowest BCUT2D eigenvalue weighted by molar-refractivity contribution is -0.120. The molecule has 71 valence electrons. The number of carbonyl (C=O) groups is 3. The number of halogens is 1. The molecule has 13 heavy (non-hydrogen) atoms. The highest BCUT2D eigenvalue weighted by Crippen LogP contribution is 1.86. The average molecular weight is 222 g/mol. The van der Waals surface area contributed by atoms with Crippen molar-refractivity contribution in [2.75, 3.05) is 0 Å². The molecule has 5 amide bonds. The molecule has 7 nitrogen and oxygen atoms in total. The van der Waals surface area contributed by atoms with Gasteiger partial charge in [-0.05, 0) is 0 Å². The number of imide groups is 1. The number of rotatable bonds is 1. The molecular weight excluding hydrogens is 215 g/mol. The van der Waals surface area contributed by atoms with Gasteiger partial charge in [-0.25, -0.2) is 9.59 Å². The number of hydrogen-bond donors (Lipinski definition) is 4. The first-order chi connectivity index (χ1) is 5.09. The molecule has 5 N–H and O–H groups in total. The van der Waals surface area contributed by atoms with Crippen LogP contribution in [0.1, 0.15) is 0 Å².